The van der Waals surface area contributed by atoms with Gasteiger partial charge < -0.3 is 10.2 Å². The number of ether oxygens (including phenoxy) is 1. The first kappa shape index (κ1) is 14.2. The van der Waals surface area contributed by atoms with Crippen LogP contribution in [0.1, 0.15) is 5.56 Å². The summed E-state index contributed by atoms with van der Waals surface area (Å²) in [5.41, 5.74) is 6.72. The quantitative estimate of drug-likeness (QED) is 0.795. The molecule has 0 amide bonds. The molecule has 3 nitrogen and oxygen atoms in total. The average molecular weight is 282 g/mol. The highest BCUT2D eigenvalue weighted by Crippen LogP contribution is 2.22. The van der Waals surface area contributed by atoms with Gasteiger partial charge in [0.15, 0.2) is 11.6 Å². The van der Waals surface area contributed by atoms with Gasteiger partial charge in [-0.15, -0.1) is 0 Å². The molecule has 0 atom stereocenters. The molecular formula is C14H13F3N2O. The van der Waals surface area contributed by atoms with Gasteiger partial charge in [0.25, 0.3) is 0 Å². The summed E-state index contributed by atoms with van der Waals surface area (Å²) < 4.78 is 42.1. The third-order valence-electron chi connectivity index (χ3n) is 2.54. The lowest BCUT2D eigenvalue weighted by Crippen LogP contribution is -2.21. The first-order valence-corrected chi connectivity index (χ1v) is 5.93. The Morgan fingerprint density at radius 2 is 1.75 bits per heavy atom. The van der Waals surface area contributed by atoms with E-state index in [1.165, 1.54) is 12.1 Å². The van der Waals surface area contributed by atoms with E-state index in [1.807, 2.05) is 30.3 Å². The third kappa shape index (κ3) is 3.89. The van der Waals surface area contributed by atoms with Crippen LogP contribution in [0.4, 0.5) is 18.9 Å². The molecule has 0 heterocycles. The van der Waals surface area contributed by atoms with Crippen LogP contribution in [0.25, 0.3) is 0 Å². The third-order valence-corrected chi connectivity index (χ3v) is 2.54. The van der Waals surface area contributed by atoms with Crippen molar-refractivity contribution in [1.29, 1.82) is 0 Å². The molecule has 106 valence electrons. The Morgan fingerprint density at radius 1 is 1.00 bits per heavy atom. The van der Waals surface area contributed by atoms with Gasteiger partial charge in [-0.05, 0) is 18.2 Å². The van der Waals surface area contributed by atoms with Crippen molar-refractivity contribution in [3.8, 4) is 5.75 Å². The lowest BCUT2D eigenvalue weighted by Gasteiger charge is -2.11. The van der Waals surface area contributed by atoms with Gasteiger partial charge in [-0.3, -0.25) is 0 Å². The van der Waals surface area contributed by atoms with Crippen molar-refractivity contribution in [3.05, 3.63) is 59.9 Å². The summed E-state index contributed by atoms with van der Waals surface area (Å²) in [7, 11) is 0. The molecule has 0 bridgehead atoms. The van der Waals surface area contributed by atoms with Crippen LogP contribution in [0.2, 0.25) is 0 Å². The summed E-state index contributed by atoms with van der Waals surface area (Å²) in [6, 6.07) is 13.3. The zero-order valence-corrected chi connectivity index (χ0v) is 10.4. The van der Waals surface area contributed by atoms with Crippen LogP contribution in [0.3, 0.4) is 0 Å². The Morgan fingerprint density at radius 3 is 2.45 bits per heavy atom. The highest BCUT2D eigenvalue weighted by Gasteiger charge is 2.12. The van der Waals surface area contributed by atoms with E-state index in [-0.39, 0.29) is 12.1 Å². The first-order valence-electron chi connectivity index (χ1n) is 5.93. The maximum atomic E-state index is 13.8. The van der Waals surface area contributed by atoms with Crippen molar-refractivity contribution in [2.45, 2.75) is 13.2 Å². The number of para-hydroxylation sites is 1. The number of alkyl halides is 2. The van der Waals surface area contributed by atoms with Crippen molar-refractivity contribution in [2.24, 2.45) is 0 Å². The molecule has 0 aliphatic heterocycles. The molecule has 0 spiro atoms. The minimum absolute atomic E-state index is 0.126. The SMILES string of the molecule is Fc1c(CNNc2ccccc2)cccc1OC(F)F. The monoisotopic (exact) mass is 282 g/mol. The van der Waals surface area contributed by atoms with Gasteiger partial charge in [-0.25, -0.2) is 9.82 Å². The highest BCUT2D eigenvalue weighted by molar-refractivity contribution is 5.41. The van der Waals surface area contributed by atoms with E-state index in [2.05, 4.69) is 15.6 Å². The number of rotatable bonds is 6. The highest BCUT2D eigenvalue weighted by atomic mass is 19.3. The topological polar surface area (TPSA) is 33.3 Å². The van der Waals surface area contributed by atoms with E-state index < -0.39 is 18.2 Å². The van der Waals surface area contributed by atoms with E-state index in [4.69, 9.17) is 0 Å². The predicted octanol–water partition coefficient (Wildman–Crippen LogP) is 3.54. The van der Waals surface area contributed by atoms with Crippen LogP contribution in [-0.4, -0.2) is 6.61 Å². The molecular weight excluding hydrogens is 269 g/mol. The Bertz CT molecular complexity index is 549. The fraction of sp³-hybridized carbons (Fsp3) is 0.143. The maximum absolute atomic E-state index is 13.8. The molecule has 0 saturated heterocycles. The van der Waals surface area contributed by atoms with Gasteiger partial charge in [-0.1, -0.05) is 30.3 Å². The molecule has 0 aliphatic rings. The minimum atomic E-state index is -3.05. The number of nitrogens with one attached hydrogen (secondary N) is 2. The number of hydrogen-bond donors (Lipinski definition) is 2. The molecule has 0 radical (unpaired) electrons. The molecule has 2 aromatic rings. The Balaban J connectivity index is 1.96. The molecule has 0 unspecified atom stereocenters. The van der Waals surface area contributed by atoms with Crippen LogP contribution in [0.5, 0.6) is 5.75 Å². The number of halogens is 3. The number of benzene rings is 2. The molecule has 6 heteroatoms. The van der Waals surface area contributed by atoms with Crippen molar-refractivity contribution < 1.29 is 17.9 Å². The molecule has 2 aromatic carbocycles. The minimum Gasteiger partial charge on any atom is -0.432 e. The maximum Gasteiger partial charge on any atom is 0.387 e. The Labute approximate surface area is 114 Å². The summed E-state index contributed by atoms with van der Waals surface area (Å²) in [6.45, 7) is -2.92. The van der Waals surface area contributed by atoms with E-state index in [1.54, 1.807) is 0 Å². The predicted molar refractivity (Wildman–Crippen MR) is 69.9 cm³/mol. The van der Waals surface area contributed by atoms with E-state index >= 15 is 0 Å². The largest absolute Gasteiger partial charge is 0.432 e. The smallest absolute Gasteiger partial charge is 0.387 e. The van der Waals surface area contributed by atoms with Gasteiger partial charge in [0.1, 0.15) is 0 Å². The van der Waals surface area contributed by atoms with Crippen LogP contribution < -0.4 is 15.6 Å². The van der Waals surface area contributed by atoms with Crippen molar-refractivity contribution in [1.82, 2.24) is 5.43 Å². The van der Waals surface area contributed by atoms with Crippen molar-refractivity contribution >= 4 is 5.69 Å². The normalized spacial score (nSPS) is 10.6. The summed E-state index contributed by atoms with van der Waals surface area (Å²) >= 11 is 0. The van der Waals surface area contributed by atoms with E-state index in [0.717, 1.165) is 11.8 Å². The van der Waals surface area contributed by atoms with Crippen molar-refractivity contribution in [2.75, 3.05) is 5.43 Å². The van der Waals surface area contributed by atoms with E-state index in [0.29, 0.717) is 0 Å². The number of hydrogen-bond acceptors (Lipinski definition) is 3. The molecule has 0 aliphatic carbocycles. The fourth-order valence-corrected chi connectivity index (χ4v) is 1.64. The molecule has 0 saturated carbocycles. The zero-order chi connectivity index (χ0) is 14.4. The Hall–Kier alpha value is -2.21. The van der Waals surface area contributed by atoms with Gasteiger partial charge in [0.2, 0.25) is 0 Å². The fourth-order valence-electron chi connectivity index (χ4n) is 1.64. The second kappa shape index (κ2) is 6.81. The summed E-state index contributed by atoms with van der Waals surface area (Å²) in [4.78, 5) is 0. The zero-order valence-electron chi connectivity index (χ0n) is 10.4. The number of anilines is 1. The van der Waals surface area contributed by atoms with Crippen molar-refractivity contribution in [3.63, 3.8) is 0 Å². The standard InChI is InChI=1S/C14H13F3N2O/c15-13-10(5-4-8-12(13)20-14(16)17)9-18-19-11-6-2-1-3-7-11/h1-8,14,18-19H,9H2. The molecule has 2 N–H and O–H groups in total. The van der Waals surface area contributed by atoms with Crippen LogP contribution in [0, 0.1) is 5.82 Å². The van der Waals surface area contributed by atoms with Gasteiger partial charge >= 0.3 is 6.61 Å². The second-order valence-electron chi connectivity index (χ2n) is 3.95. The molecule has 0 fully saturated rings. The summed E-state index contributed by atoms with van der Waals surface area (Å²) in [5, 5.41) is 0. The van der Waals surface area contributed by atoms with E-state index in [9.17, 15) is 13.2 Å². The molecule has 0 aromatic heterocycles. The van der Waals surface area contributed by atoms with Crippen LogP contribution in [0.15, 0.2) is 48.5 Å². The Kier molecular flexibility index (Phi) is 4.84. The summed E-state index contributed by atoms with van der Waals surface area (Å²) in [6.07, 6.45) is 0. The second-order valence-corrected chi connectivity index (χ2v) is 3.95. The molecule has 20 heavy (non-hydrogen) atoms. The lowest BCUT2D eigenvalue weighted by atomic mass is 10.2. The van der Waals surface area contributed by atoms with Gasteiger partial charge in [-0.2, -0.15) is 8.78 Å². The lowest BCUT2D eigenvalue weighted by molar-refractivity contribution is -0.0522. The van der Waals surface area contributed by atoms with Gasteiger partial charge in [0.05, 0.1) is 0 Å². The summed E-state index contributed by atoms with van der Waals surface area (Å²) in [5.74, 6) is -1.26. The van der Waals surface area contributed by atoms with Crippen LogP contribution >= 0.6 is 0 Å². The van der Waals surface area contributed by atoms with Gasteiger partial charge in [0, 0.05) is 17.8 Å². The average Bonchev–Trinajstić information content (AvgIpc) is 2.43. The van der Waals surface area contributed by atoms with Crippen LogP contribution in [-0.2, 0) is 6.54 Å². The molecule has 2 rings (SSSR count). The number of hydrazine groups is 1. The first-order chi connectivity index (χ1) is 9.66.